The van der Waals surface area contributed by atoms with E-state index in [1.807, 2.05) is 37.3 Å². The van der Waals surface area contributed by atoms with E-state index >= 15 is 0 Å². The molecule has 5 nitrogen and oxygen atoms in total. The molecule has 162 valence electrons. The first-order valence-corrected chi connectivity index (χ1v) is 9.71. The molecule has 0 aliphatic heterocycles. The number of amides is 1. The van der Waals surface area contributed by atoms with Gasteiger partial charge in [-0.05, 0) is 73.2 Å². The zero-order valence-electron chi connectivity index (χ0n) is 17.0. The molecular formula is C24H18F3N3O2. The fourth-order valence-corrected chi connectivity index (χ4v) is 3.23. The van der Waals surface area contributed by atoms with Gasteiger partial charge in [-0.25, -0.2) is 4.98 Å². The molecule has 8 heteroatoms. The monoisotopic (exact) mass is 437 g/mol. The van der Waals surface area contributed by atoms with Crippen LogP contribution in [0.3, 0.4) is 0 Å². The molecule has 0 aliphatic carbocycles. The van der Waals surface area contributed by atoms with Gasteiger partial charge in [0.05, 0.1) is 16.8 Å². The number of carbonyl (C=O) groups excluding carboxylic acids is 1. The van der Waals surface area contributed by atoms with Crippen molar-refractivity contribution in [2.75, 3.05) is 11.9 Å². The summed E-state index contributed by atoms with van der Waals surface area (Å²) in [6.45, 7) is 1.63. The highest BCUT2D eigenvalue weighted by atomic mass is 19.4. The summed E-state index contributed by atoms with van der Waals surface area (Å²) in [5.41, 5.74) is 3.37. The summed E-state index contributed by atoms with van der Waals surface area (Å²) in [5.74, 6) is -0.251. The molecule has 0 radical (unpaired) electrons. The Balaban J connectivity index is 1.43. The van der Waals surface area contributed by atoms with Crippen LogP contribution in [0, 0.1) is 6.92 Å². The summed E-state index contributed by atoms with van der Waals surface area (Å²) in [7, 11) is 0. The zero-order chi connectivity index (χ0) is 22.7. The third-order valence-corrected chi connectivity index (χ3v) is 4.83. The summed E-state index contributed by atoms with van der Waals surface area (Å²) in [5, 5.41) is 3.63. The summed E-state index contributed by atoms with van der Waals surface area (Å²) in [6, 6.07) is 15.3. The van der Waals surface area contributed by atoms with Crippen LogP contribution in [0.25, 0.3) is 22.2 Å². The number of hydrogen-bond donors (Lipinski definition) is 1. The Hall–Kier alpha value is -3.94. The van der Waals surface area contributed by atoms with Crippen molar-refractivity contribution >= 4 is 22.5 Å². The molecule has 0 saturated carbocycles. The van der Waals surface area contributed by atoms with E-state index in [-0.39, 0.29) is 12.4 Å². The molecule has 0 spiro atoms. The van der Waals surface area contributed by atoms with Gasteiger partial charge in [0, 0.05) is 29.0 Å². The summed E-state index contributed by atoms with van der Waals surface area (Å²) in [6.07, 6.45) is -0.998. The van der Waals surface area contributed by atoms with Crippen molar-refractivity contribution in [3.63, 3.8) is 0 Å². The number of aryl methyl sites for hydroxylation is 1. The van der Waals surface area contributed by atoms with Gasteiger partial charge in [-0.15, -0.1) is 0 Å². The number of rotatable bonds is 5. The molecule has 0 aliphatic rings. The number of anilines is 1. The molecule has 0 fully saturated rings. The van der Waals surface area contributed by atoms with Gasteiger partial charge in [0.2, 0.25) is 0 Å². The maximum atomic E-state index is 12.6. The Morgan fingerprint density at radius 3 is 2.41 bits per heavy atom. The topological polar surface area (TPSA) is 64.1 Å². The van der Waals surface area contributed by atoms with E-state index in [1.54, 1.807) is 18.5 Å². The normalized spacial score (nSPS) is 11.4. The second-order valence-corrected chi connectivity index (χ2v) is 7.15. The molecule has 1 N–H and O–H groups in total. The number of aromatic nitrogens is 2. The van der Waals surface area contributed by atoms with Gasteiger partial charge in [0.15, 0.2) is 6.61 Å². The van der Waals surface area contributed by atoms with Gasteiger partial charge in [0.1, 0.15) is 5.75 Å². The highest BCUT2D eigenvalue weighted by molar-refractivity contribution is 5.95. The van der Waals surface area contributed by atoms with E-state index in [2.05, 4.69) is 15.3 Å². The van der Waals surface area contributed by atoms with Crippen LogP contribution < -0.4 is 10.1 Å². The van der Waals surface area contributed by atoms with Crippen LogP contribution >= 0.6 is 0 Å². The molecule has 4 rings (SSSR count). The molecule has 1 amide bonds. The predicted octanol–water partition coefficient (Wildman–Crippen LogP) is 5.64. The second-order valence-electron chi connectivity index (χ2n) is 7.15. The summed E-state index contributed by atoms with van der Waals surface area (Å²) >= 11 is 0. The minimum absolute atomic E-state index is 0.176. The van der Waals surface area contributed by atoms with Gasteiger partial charge in [-0.1, -0.05) is 0 Å². The number of carbonyl (C=O) groups is 1. The fraction of sp³-hybridized carbons (Fsp3) is 0.125. The molecule has 32 heavy (non-hydrogen) atoms. The van der Waals surface area contributed by atoms with Crippen LogP contribution in [0.5, 0.6) is 5.75 Å². The van der Waals surface area contributed by atoms with Gasteiger partial charge >= 0.3 is 6.18 Å². The highest BCUT2D eigenvalue weighted by Gasteiger charge is 2.30. The lowest BCUT2D eigenvalue weighted by atomic mass is 10.1. The van der Waals surface area contributed by atoms with E-state index in [4.69, 9.17) is 4.74 Å². The molecular weight excluding hydrogens is 419 g/mol. The lowest BCUT2D eigenvalue weighted by molar-refractivity contribution is -0.137. The number of hydrogen-bond acceptors (Lipinski definition) is 4. The Morgan fingerprint density at radius 2 is 1.72 bits per heavy atom. The third kappa shape index (κ3) is 4.85. The predicted molar refractivity (Wildman–Crippen MR) is 115 cm³/mol. The number of halogens is 3. The van der Waals surface area contributed by atoms with E-state index in [1.165, 1.54) is 12.1 Å². The molecule has 0 unspecified atom stereocenters. The molecule has 0 bridgehead atoms. The second kappa shape index (κ2) is 8.66. The van der Waals surface area contributed by atoms with Crippen molar-refractivity contribution in [2.45, 2.75) is 13.1 Å². The van der Waals surface area contributed by atoms with E-state index < -0.39 is 17.6 Å². The summed E-state index contributed by atoms with van der Waals surface area (Å²) in [4.78, 5) is 20.9. The van der Waals surface area contributed by atoms with Crippen molar-refractivity contribution in [1.82, 2.24) is 9.97 Å². The van der Waals surface area contributed by atoms with Crippen LogP contribution in [-0.4, -0.2) is 22.5 Å². The van der Waals surface area contributed by atoms with Crippen molar-refractivity contribution in [3.8, 4) is 17.0 Å². The van der Waals surface area contributed by atoms with Crippen molar-refractivity contribution in [2.24, 2.45) is 0 Å². The van der Waals surface area contributed by atoms with Crippen molar-refractivity contribution in [1.29, 1.82) is 0 Å². The molecule has 0 saturated heterocycles. The van der Waals surface area contributed by atoms with Crippen LogP contribution in [0.2, 0.25) is 0 Å². The summed E-state index contributed by atoms with van der Waals surface area (Å²) < 4.78 is 43.1. The number of ether oxygens (including phenoxy) is 1. The maximum absolute atomic E-state index is 12.6. The van der Waals surface area contributed by atoms with Gasteiger partial charge < -0.3 is 10.1 Å². The first-order chi connectivity index (χ1) is 15.3. The van der Waals surface area contributed by atoms with Gasteiger partial charge in [0.25, 0.3) is 5.91 Å². The quantitative estimate of drug-likeness (QED) is 0.439. The molecule has 0 atom stereocenters. The van der Waals surface area contributed by atoms with Gasteiger partial charge in [-0.3, -0.25) is 9.78 Å². The average Bonchev–Trinajstić information content (AvgIpc) is 2.78. The highest BCUT2D eigenvalue weighted by Crippen LogP contribution is 2.30. The lowest BCUT2D eigenvalue weighted by Crippen LogP contribution is -2.20. The van der Waals surface area contributed by atoms with Crippen molar-refractivity contribution in [3.05, 3.63) is 84.2 Å². The lowest BCUT2D eigenvalue weighted by Gasteiger charge is -2.11. The third-order valence-electron chi connectivity index (χ3n) is 4.83. The number of nitrogens with zero attached hydrogens (tertiary/aromatic N) is 2. The first kappa shape index (κ1) is 21.3. The van der Waals surface area contributed by atoms with Gasteiger partial charge in [-0.2, -0.15) is 13.2 Å². The number of fused-ring (bicyclic) bond motifs is 1. The number of alkyl halides is 3. The molecule has 2 aromatic carbocycles. The van der Waals surface area contributed by atoms with Crippen LogP contribution in [0.4, 0.5) is 18.9 Å². The van der Waals surface area contributed by atoms with Crippen LogP contribution in [-0.2, 0) is 11.0 Å². The minimum Gasteiger partial charge on any atom is -0.484 e. The smallest absolute Gasteiger partial charge is 0.416 e. The van der Waals surface area contributed by atoms with Crippen LogP contribution in [0.15, 0.2) is 73.1 Å². The van der Waals surface area contributed by atoms with Crippen LogP contribution in [0.1, 0.15) is 11.1 Å². The fourth-order valence-electron chi connectivity index (χ4n) is 3.23. The Bertz CT molecular complexity index is 1260. The Morgan fingerprint density at radius 1 is 1.00 bits per heavy atom. The minimum atomic E-state index is -4.42. The van der Waals surface area contributed by atoms with Crippen molar-refractivity contribution < 1.29 is 22.7 Å². The van der Waals surface area contributed by atoms with E-state index in [9.17, 15) is 18.0 Å². The zero-order valence-corrected chi connectivity index (χ0v) is 17.0. The maximum Gasteiger partial charge on any atom is 0.416 e. The van der Waals surface area contributed by atoms with E-state index in [0.717, 1.165) is 39.9 Å². The Kier molecular flexibility index (Phi) is 5.77. The molecule has 2 aromatic heterocycles. The number of nitrogens with one attached hydrogen (secondary N) is 1. The number of pyridine rings is 2. The number of benzene rings is 2. The van der Waals surface area contributed by atoms with E-state index in [0.29, 0.717) is 5.69 Å². The first-order valence-electron chi connectivity index (χ1n) is 9.71. The Labute approximate surface area is 181 Å². The molecule has 4 aromatic rings. The largest absolute Gasteiger partial charge is 0.484 e. The standard InChI is InChI=1S/C24H18F3N3O2/c1-15-12-22(16-8-10-28-11-9-16)30-21-7-4-18(13-20(15)21)29-23(31)14-32-19-5-2-17(3-6-19)24(25,26)27/h2-13H,14H2,1H3,(H,29,31). The average molecular weight is 437 g/mol. The SMILES string of the molecule is Cc1cc(-c2ccncc2)nc2ccc(NC(=O)COc3ccc(C(F)(F)F)cc3)cc12. The molecule has 2 heterocycles.